The lowest BCUT2D eigenvalue weighted by Crippen LogP contribution is -2.26. The molecule has 0 spiro atoms. The van der Waals surface area contributed by atoms with Crippen molar-refractivity contribution in [1.82, 2.24) is 9.55 Å². The first-order valence-corrected chi connectivity index (χ1v) is 7.68. The van der Waals surface area contributed by atoms with Gasteiger partial charge in [-0.15, -0.1) is 0 Å². The molecule has 24 heavy (non-hydrogen) atoms. The van der Waals surface area contributed by atoms with E-state index in [2.05, 4.69) is 11.6 Å². The fourth-order valence-corrected chi connectivity index (χ4v) is 3.35. The zero-order valence-corrected chi connectivity index (χ0v) is 13.2. The molecule has 0 bridgehead atoms. The zero-order valence-electron chi connectivity index (χ0n) is 13.2. The van der Waals surface area contributed by atoms with Crippen LogP contribution in [0.15, 0.2) is 42.0 Å². The molecule has 1 aliphatic rings. The second kappa shape index (κ2) is 5.23. The minimum Gasteiger partial charge on any atom is -0.504 e. The Bertz CT molecular complexity index is 1050. The van der Waals surface area contributed by atoms with Crippen LogP contribution in [0.5, 0.6) is 11.5 Å². The summed E-state index contributed by atoms with van der Waals surface area (Å²) >= 11 is 0. The van der Waals surface area contributed by atoms with E-state index in [4.69, 9.17) is 4.74 Å². The highest BCUT2D eigenvalue weighted by Crippen LogP contribution is 2.38. The molecule has 0 saturated carbocycles. The first kappa shape index (κ1) is 14.5. The maximum absolute atomic E-state index is 12.9. The van der Waals surface area contributed by atoms with Crippen molar-refractivity contribution >= 4 is 16.8 Å². The predicted molar refractivity (Wildman–Crippen MR) is 93.5 cm³/mol. The number of phenolic OH excluding ortho intramolecular Hbond substituents is 1. The van der Waals surface area contributed by atoms with Crippen molar-refractivity contribution in [2.75, 3.05) is 7.11 Å². The molecule has 0 aliphatic carbocycles. The number of rotatable bonds is 2. The number of aromatic nitrogens is 2. The number of aromatic hydroxyl groups is 1. The van der Waals surface area contributed by atoms with Crippen molar-refractivity contribution < 1.29 is 9.84 Å². The molecule has 3 aromatic rings. The van der Waals surface area contributed by atoms with Gasteiger partial charge in [0.05, 0.1) is 18.2 Å². The Hall–Kier alpha value is -3.08. The van der Waals surface area contributed by atoms with Crippen molar-refractivity contribution in [3.8, 4) is 22.8 Å². The second-order valence-corrected chi connectivity index (χ2v) is 5.81. The molecule has 0 saturated heterocycles. The number of ether oxygens (including phenoxy) is 1. The van der Waals surface area contributed by atoms with Crippen LogP contribution in [0, 0.1) is 0 Å². The van der Waals surface area contributed by atoms with E-state index in [1.165, 1.54) is 7.11 Å². The Morgan fingerprint density at radius 3 is 2.88 bits per heavy atom. The maximum Gasteiger partial charge on any atom is 0.260 e. The zero-order chi connectivity index (χ0) is 16.8. The van der Waals surface area contributed by atoms with Gasteiger partial charge in [-0.05, 0) is 35.6 Å². The van der Waals surface area contributed by atoms with Gasteiger partial charge in [0.15, 0.2) is 11.5 Å². The average Bonchev–Trinajstić information content (AvgIpc) is 2.60. The molecular formula is C19H16N2O3. The summed E-state index contributed by atoms with van der Waals surface area (Å²) in [4.78, 5) is 17.0. The van der Waals surface area contributed by atoms with Crippen molar-refractivity contribution in [2.24, 2.45) is 0 Å². The number of aryl methyl sites for hydroxylation is 1. The smallest absolute Gasteiger partial charge is 0.260 e. The highest BCUT2D eigenvalue weighted by atomic mass is 16.5. The molecule has 0 atom stereocenters. The summed E-state index contributed by atoms with van der Waals surface area (Å²) in [7, 11) is 1.51. The van der Waals surface area contributed by atoms with E-state index >= 15 is 0 Å². The fraction of sp³-hybridized carbons (Fsp3) is 0.158. The van der Waals surface area contributed by atoms with Crippen molar-refractivity contribution in [1.29, 1.82) is 0 Å². The summed E-state index contributed by atoms with van der Waals surface area (Å²) in [6.45, 7) is 4.37. The van der Waals surface area contributed by atoms with Gasteiger partial charge in [-0.1, -0.05) is 12.7 Å². The maximum atomic E-state index is 12.9. The summed E-state index contributed by atoms with van der Waals surface area (Å²) in [5.41, 5.74) is 3.49. The third-order valence-electron chi connectivity index (χ3n) is 4.57. The quantitative estimate of drug-likeness (QED) is 0.788. The number of benzene rings is 1. The van der Waals surface area contributed by atoms with Gasteiger partial charge in [0.2, 0.25) is 0 Å². The lowest BCUT2D eigenvalue weighted by molar-refractivity contribution is 0.373. The van der Waals surface area contributed by atoms with Gasteiger partial charge in [-0.25, -0.2) is 0 Å². The van der Waals surface area contributed by atoms with Crippen molar-refractivity contribution in [3.63, 3.8) is 0 Å². The molecule has 1 aliphatic heterocycles. The Balaban J connectivity index is 2.10. The van der Waals surface area contributed by atoms with Crippen LogP contribution in [0.3, 0.4) is 0 Å². The van der Waals surface area contributed by atoms with Crippen LogP contribution in [0.25, 0.3) is 28.1 Å². The minimum absolute atomic E-state index is 0.0589. The van der Waals surface area contributed by atoms with Crippen LogP contribution in [-0.2, 0) is 13.0 Å². The molecule has 1 aromatic carbocycles. The van der Waals surface area contributed by atoms with Crippen LogP contribution >= 0.6 is 0 Å². The monoisotopic (exact) mass is 320 g/mol. The number of fused-ring (bicyclic) bond motifs is 4. The average molecular weight is 320 g/mol. The lowest BCUT2D eigenvalue weighted by Gasteiger charge is -2.23. The van der Waals surface area contributed by atoms with E-state index in [0.29, 0.717) is 24.1 Å². The first-order valence-electron chi connectivity index (χ1n) is 7.68. The van der Waals surface area contributed by atoms with Crippen LogP contribution in [0.1, 0.15) is 11.1 Å². The molecule has 0 amide bonds. The summed E-state index contributed by atoms with van der Waals surface area (Å²) < 4.78 is 6.98. The predicted octanol–water partition coefficient (Wildman–Crippen LogP) is 2.98. The number of pyridine rings is 2. The lowest BCUT2D eigenvalue weighted by atomic mass is 9.94. The Morgan fingerprint density at radius 2 is 2.12 bits per heavy atom. The van der Waals surface area contributed by atoms with Gasteiger partial charge in [0, 0.05) is 30.1 Å². The normalized spacial score (nSPS) is 12.5. The van der Waals surface area contributed by atoms with E-state index in [1.54, 1.807) is 35.2 Å². The standard InChI is InChI=1S/C19H16N2O3/c1-3-11-9-20-10-15-13(11)7-16-14-8-18(24-2)17(22)6-12(14)4-5-21(16)19(15)23/h3,6-10,22H,1,4-5H2,2H3. The molecule has 0 unspecified atom stereocenters. The highest BCUT2D eigenvalue weighted by molar-refractivity contribution is 5.92. The van der Waals surface area contributed by atoms with Gasteiger partial charge in [-0.2, -0.15) is 0 Å². The van der Waals surface area contributed by atoms with Gasteiger partial charge in [0.1, 0.15) is 0 Å². The van der Waals surface area contributed by atoms with Crippen LogP contribution in [0.4, 0.5) is 0 Å². The molecule has 3 heterocycles. The van der Waals surface area contributed by atoms with Gasteiger partial charge in [-0.3, -0.25) is 9.78 Å². The minimum atomic E-state index is -0.0589. The fourth-order valence-electron chi connectivity index (χ4n) is 3.35. The summed E-state index contributed by atoms with van der Waals surface area (Å²) in [5, 5.41) is 11.4. The molecule has 1 N–H and O–H groups in total. The van der Waals surface area contributed by atoms with E-state index < -0.39 is 0 Å². The molecule has 0 fully saturated rings. The van der Waals surface area contributed by atoms with E-state index in [9.17, 15) is 9.90 Å². The molecule has 5 heteroatoms. The van der Waals surface area contributed by atoms with Gasteiger partial charge >= 0.3 is 0 Å². The Labute approximate surface area is 138 Å². The van der Waals surface area contributed by atoms with Gasteiger partial charge in [0.25, 0.3) is 5.56 Å². The van der Waals surface area contributed by atoms with Gasteiger partial charge < -0.3 is 14.4 Å². The number of hydrogen-bond acceptors (Lipinski definition) is 4. The Morgan fingerprint density at radius 1 is 1.29 bits per heavy atom. The van der Waals surface area contributed by atoms with Crippen LogP contribution in [0.2, 0.25) is 0 Å². The second-order valence-electron chi connectivity index (χ2n) is 5.81. The Kier molecular flexibility index (Phi) is 3.16. The largest absolute Gasteiger partial charge is 0.504 e. The van der Waals surface area contributed by atoms with Crippen molar-refractivity contribution in [2.45, 2.75) is 13.0 Å². The summed E-state index contributed by atoms with van der Waals surface area (Å²) in [6.07, 6.45) is 5.69. The molecular weight excluding hydrogens is 304 g/mol. The van der Waals surface area contributed by atoms with Crippen LogP contribution in [-0.4, -0.2) is 21.8 Å². The molecule has 4 rings (SSSR count). The highest BCUT2D eigenvalue weighted by Gasteiger charge is 2.21. The number of hydrogen-bond donors (Lipinski definition) is 1. The molecule has 0 radical (unpaired) electrons. The van der Waals surface area contributed by atoms with E-state index in [0.717, 1.165) is 27.8 Å². The summed E-state index contributed by atoms with van der Waals surface area (Å²) in [5.74, 6) is 0.511. The number of methoxy groups -OCH3 is 1. The molecule has 2 aromatic heterocycles. The molecule has 120 valence electrons. The topological polar surface area (TPSA) is 64.4 Å². The van der Waals surface area contributed by atoms with E-state index in [-0.39, 0.29) is 11.3 Å². The summed E-state index contributed by atoms with van der Waals surface area (Å²) in [6, 6.07) is 5.49. The third kappa shape index (κ3) is 1.94. The first-order chi connectivity index (χ1) is 11.6. The third-order valence-corrected chi connectivity index (χ3v) is 4.57. The van der Waals surface area contributed by atoms with Crippen molar-refractivity contribution in [3.05, 3.63) is 58.7 Å². The number of phenols is 1. The van der Waals surface area contributed by atoms with E-state index in [1.807, 2.05) is 6.07 Å². The molecule has 5 nitrogen and oxygen atoms in total. The van der Waals surface area contributed by atoms with Crippen LogP contribution < -0.4 is 10.3 Å². The SMILES string of the molecule is C=Cc1cncc2c(=O)n3c(cc12)-c1cc(OC)c(O)cc1CC3. The number of nitrogens with zero attached hydrogens (tertiary/aromatic N) is 2.